The van der Waals surface area contributed by atoms with Crippen molar-refractivity contribution in [2.75, 3.05) is 33.3 Å². The van der Waals surface area contributed by atoms with Crippen LogP contribution in [-0.4, -0.2) is 49.0 Å². The van der Waals surface area contributed by atoms with E-state index >= 15 is 0 Å². The SMILES string of the molecule is C=C/C(=C\C=C(/C)OC)N1CCN(C(C)=O)CC1. The van der Waals surface area contributed by atoms with Crippen molar-refractivity contribution in [2.24, 2.45) is 0 Å². The summed E-state index contributed by atoms with van der Waals surface area (Å²) in [6.07, 6.45) is 5.76. The lowest BCUT2D eigenvalue weighted by molar-refractivity contribution is -0.130. The topological polar surface area (TPSA) is 32.8 Å². The van der Waals surface area contributed by atoms with E-state index in [0.29, 0.717) is 0 Å². The Labute approximate surface area is 109 Å². The number of hydrogen-bond acceptors (Lipinski definition) is 3. The Morgan fingerprint density at radius 1 is 1.11 bits per heavy atom. The van der Waals surface area contributed by atoms with Crippen LogP contribution in [0.2, 0.25) is 0 Å². The third-order valence-electron chi connectivity index (χ3n) is 3.11. The van der Waals surface area contributed by atoms with E-state index in [1.54, 1.807) is 14.0 Å². The monoisotopic (exact) mass is 250 g/mol. The number of allylic oxidation sites excluding steroid dienone is 4. The smallest absolute Gasteiger partial charge is 0.219 e. The van der Waals surface area contributed by atoms with Gasteiger partial charge in [-0.2, -0.15) is 0 Å². The molecular formula is C14H22N2O2. The molecule has 1 heterocycles. The molecule has 0 bridgehead atoms. The Hall–Kier alpha value is -1.71. The number of methoxy groups -OCH3 is 1. The molecule has 0 unspecified atom stereocenters. The summed E-state index contributed by atoms with van der Waals surface area (Å²) >= 11 is 0. The molecule has 0 saturated carbocycles. The van der Waals surface area contributed by atoms with Gasteiger partial charge in [0.2, 0.25) is 5.91 Å². The molecule has 4 heteroatoms. The zero-order chi connectivity index (χ0) is 13.5. The van der Waals surface area contributed by atoms with E-state index in [0.717, 1.165) is 37.6 Å². The van der Waals surface area contributed by atoms with Crippen LogP contribution in [0.5, 0.6) is 0 Å². The van der Waals surface area contributed by atoms with Crippen LogP contribution < -0.4 is 0 Å². The molecule has 4 nitrogen and oxygen atoms in total. The van der Waals surface area contributed by atoms with E-state index in [-0.39, 0.29) is 5.91 Å². The van der Waals surface area contributed by atoms with Gasteiger partial charge in [0, 0.05) is 38.8 Å². The lowest BCUT2D eigenvalue weighted by atomic mass is 10.2. The summed E-state index contributed by atoms with van der Waals surface area (Å²) in [5.41, 5.74) is 1.06. The van der Waals surface area contributed by atoms with Gasteiger partial charge in [-0.25, -0.2) is 0 Å². The van der Waals surface area contributed by atoms with Crippen LogP contribution in [0.25, 0.3) is 0 Å². The molecule has 0 N–H and O–H groups in total. The summed E-state index contributed by atoms with van der Waals surface area (Å²) in [6.45, 7) is 10.6. The highest BCUT2D eigenvalue weighted by Gasteiger charge is 2.18. The number of rotatable bonds is 4. The fourth-order valence-electron chi connectivity index (χ4n) is 1.85. The number of ether oxygens (including phenoxy) is 1. The number of carbonyl (C=O) groups is 1. The van der Waals surface area contributed by atoms with Crippen molar-refractivity contribution in [3.63, 3.8) is 0 Å². The van der Waals surface area contributed by atoms with Gasteiger partial charge < -0.3 is 14.5 Å². The van der Waals surface area contributed by atoms with Crippen LogP contribution in [-0.2, 0) is 9.53 Å². The second-order valence-electron chi connectivity index (χ2n) is 4.27. The molecule has 0 aliphatic carbocycles. The van der Waals surface area contributed by atoms with Crippen molar-refractivity contribution in [1.29, 1.82) is 0 Å². The van der Waals surface area contributed by atoms with Crippen LogP contribution >= 0.6 is 0 Å². The number of carbonyl (C=O) groups excluding carboxylic acids is 1. The van der Waals surface area contributed by atoms with E-state index < -0.39 is 0 Å². The van der Waals surface area contributed by atoms with Crippen molar-refractivity contribution >= 4 is 5.91 Å². The summed E-state index contributed by atoms with van der Waals surface area (Å²) in [4.78, 5) is 15.3. The molecule has 1 aliphatic rings. The van der Waals surface area contributed by atoms with Crippen LogP contribution in [0, 0.1) is 0 Å². The van der Waals surface area contributed by atoms with Gasteiger partial charge in [-0.1, -0.05) is 6.58 Å². The second-order valence-corrected chi connectivity index (χ2v) is 4.27. The first kappa shape index (κ1) is 14.4. The summed E-state index contributed by atoms with van der Waals surface area (Å²) in [5, 5.41) is 0. The molecule has 1 amide bonds. The highest BCUT2D eigenvalue weighted by molar-refractivity contribution is 5.73. The quantitative estimate of drug-likeness (QED) is 0.563. The maximum atomic E-state index is 11.2. The largest absolute Gasteiger partial charge is 0.501 e. The van der Waals surface area contributed by atoms with E-state index in [1.807, 2.05) is 30.1 Å². The summed E-state index contributed by atoms with van der Waals surface area (Å²) < 4.78 is 5.09. The van der Waals surface area contributed by atoms with Crippen LogP contribution in [0.1, 0.15) is 13.8 Å². The highest BCUT2D eigenvalue weighted by atomic mass is 16.5. The van der Waals surface area contributed by atoms with Gasteiger partial charge in [-0.3, -0.25) is 4.79 Å². The second kappa shape index (κ2) is 6.89. The molecule has 1 saturated heterocycles. The molecule has 0 aromatic carbocycles. The number of hydrogen-bond donors (Lipinski definition) is 0. The molecule has 1 aliphatic heterocycles. The minimum Gasteiger partial charge on any atom is -0.501 e. The first-order valence-corrected chi connectivity index (χ1v) is 6.14. The Bertz CT molecular complexity index is 364. The minimum absolute atomic E-state index is 0.147. The van der Waals surface area contributed by atoms with Gasteiger partial charge in [0.25, 0.3) is 0 Å². The molecule has 1 fully saturated rings. The van der Waals surface area contributed by atoms with Gasteiger partial charge in [-0.15, -0.1) is 0 Å². The fourth-order valence-corrected chi connectivity index (χ4v) is 1.85. The zero-order valence-electron chi connectivity index (χ0n) is 11.5. The maximum absolute atomic E-state index is 11.2. The molecular weight excluding hydrogens is 228 g/mol. The maximum Gasteiger partial charge on any atom is 0.219 e. The summed E-state index contributed by atoms with van der Waals surface area (Å²) in [6, 6.07) is 0. The first-order chi connectivity index (χ1) is 8.58. The molecule has 0 atom stereocenters. The van der Waals surface area contributed by atoms with Crippen molar-refractivity contribution < 1.29 is 9.53 Å². The van der Waals surface area contributed by atoms with Gasteiger partial charge in [0.15, 0.2) is 0 Å². The number of amides is 1. The van der Waals surface area contributed by atoms with Crippen molar-refractivity contribution in [1.82, 2.24) is 9.80 Å². The fraction of sp³-hybridized carbons (Fsp3) is 0.500. The molecule has 0 spiro atoms. The molecule has 1 rings (SSSR count). The molecule has 18 heavy (non-hydrogen) atoms. The molecule has 0 aromatic heterocycles. The Kier molecular flexibility index (Phi) is 5.49. The minimum atomic E-state index is 0.147. The van der Waals surface area contributed by atoms with Gasteiger partial charge in [0.05, 0.1) is 12.9 Å². The van der Waals surface area contributed by atoms with E-state index in [2.05, 4.69) is 11.5 Å². The normalized spacial score (nSPS) is 17.7. The zero-order valence-corrected chi connectivity index (χ0v) is 11.5. The Morgan fingerprint density at radius 2 is 1.67 bits per heavy atom. The molecule has 0 aromatic rings. The lowest BCUT2D eigenvalue weighted by Gasteiger charge is -2.36. The van der Waals surface area contributed by atoms with Crippen molar-refractivity contribution in [3.8, 4) is 0 Å². The number of nitrogens with zero attached hydrogens (tertiary/aromatic N) is 2. The van der Waals surface area contributed by atoms with Crippen molar-refractivity contribution in [2.45, 2.75) is 13.8 Å². The average molecular weight is 250 g/mol. The molecule has 100 valence electrons. The summed E-state index contributed by atoms with van der Waals surface area (Å²) in [5.74, 6) is 1.01. The van der Waals surface area contributed by atoms with Crippen LogP contribution in [0.15, 0.2) is 36.3 Å². The average Bonchev–Trinajstić information content (AvgIpc) is 2.39. The van der Waals surface area contributed by atoms with Crippen molar-refractivity contribution in [3.05, 3.63) is 36.3 Å². The molecule has 0 radical (unpaired) electrons. The standard InChI is InChI=1S/C14H22N2O2/c1-5-14(7-6-12(2)18-4)16-10-8-15(9-11-16)13(3)17/h5-7H,1,8-11H2,2-4H3/b12-6+,14-7+. The van der Waals surface area contributed by atoms with E-state index in [9.17, 15) is 4.79 Å². The highest BCUT2D eigenvalue weighted by Crippen LogP contribution is 2.11. The predicted molar refractivity (Wildman–Crippen MR) is 72.9 cm³/mol. The third kappa shape index (κ3) is 3.95. The number of piperazine rings is 1. The van der Waals surface area contributed by atoms with E-state index in [1.165, 1.54) is 0 Å². The van der Waals surface area contributed by atoms with E-state index in [4.69, 9.17) is 4.74 Å². The van der Waals surface area contributed by atoms with Gasteiger partial charge >= 0.3 is 0 Å². The predicted octanol–water partition coefficient (Wildman–Crippen LogP) is 1.77. The lowest BCUT2D eigenvalue weighted by Crippen LogP contribution is -2.47. The third-order valence-corrected chi connectivity index (χ3v) is 3.11. The van der Waals surface area contributed by atoms with Gasteiger partial charge in [0.1, 0.15) is 0 Å². The first-order valence-electron chi connectivity index (χ1n) is 6.14. The Morgan fingerprint density at radius 3 is 2.11 bits per heavy atom. The Balaban J connectivity index is 2.64. The van der Waals surface area contributed by atoms with Gasteiger partial charge in [-0.05, 0) is 25.2 Å². The van der Waals surface area contributed by atoms with Crippen LogP contribution in [0.3, 0.4) is 0 Å². The van der Waals surface area contributed by atoms with Crippen LogP contribution in [0.4, 0.5) is 0 Å². The summed E-state index contributed by atoms with van der Waals surface area (Å²) in [7, 11) is 1.65.